The van der Waals surface area contributed by atoms with Crippen LogP contribution in [0.3, 0.4) is 0 Å². The number of hydrogen-bond donors (Lipinski definition) is 1. The molecule has 0 atom stereocenters. The predicted molar refractivity (Wildman–Crippen MR) is 63.3 cm³/mol. The first-order valence-electron chi connectivity index (χ1n) is 4.82. The first-order chi connectivity index (χ1) is 8.08. The van der Waals surface area contributed by atoms with Crippen LogP contribution in [0.25, 0.3) is 11.4 Å². The van der Waals surface area contributed by atoms with Gasteiger partial charge in [-0.2, -0.15) is 0 Å². The summed E-state index contributed by atoms with van der Waals surface area (Å²) in [5.74, 6) is -0.555. The molecule has 2 rings (SSSR count). The monoisotopic (exact) mass is 296 g/mol. The highest BCUT2D eigenvalue weighted by Crippen LogP contribution is 2.26. The number of hydrogen-bond acceptors (Lipinski definition) is 4. The Bertz CT molecular complexity index is 567. The summed E-state index contributed by atoms with van der Waals surface area (Å²) >= 11 is 3.41. The number of carboxylic acid groups (broad SMARTS) is 1. The van der Waals surface area contributed by atoms with Gasteiger partial charge in [0.25, 0.3) is 0 Å². The minimum absolute atomic E-state index is 0.261. The van der Waals surface area contributed by atoms with E-state index in [9.17, 15) is 4.79 Å². The quantitative estimate of drug-likeness (QED) is 0.928. The van der Waals surface area contributed by atoms with Gasteiger partial charge in [0.15, 0.2) is 5.82 Å². The van der Waals surface area contributed by atoms with Crippen LogP contribution in [-0.2, 0) is 11.3 Å². The van der Waals surface area contributed by atoms with E-state index in [0.717, 1.165) is 15.6 Å². The molecule has 0 bridgehead atoms. The number of aliphatic carboxylic acids is 1. The lowest BCUT2D eigenvalue weighted by Crippen LogP contribution is -2.11. The van der Waals surface area contributed by atoms with Gasteiger partial charge in [-0.05, 0) is 35.0 Å². The van der Waals surface area contributed by atoms with Crippen molar-refractivity contribution in [3.63, 3.8) is 0 Å². The number of benzene rings is 1. The van der Waals surface area contributed by atoms with E-state index in [-0.39, 0.29) is 6.54 Å². The summed E-state index contributed by atoms with van der Waals surface area (Å²) in [6, 6.07) is 5.69. The van der Waals surface area contributed by atoms with Gasteiger partial charge in [0, 0.05) is 10.0 Å². The van der Waals surface area contributed by atoms with Crippen LogP contribution in [0.2, 0.25) is 0 Å². The van der Waals surface area contributed by atoms with Gasteiger partial charge in [-0.3, -0.25) is 4.79 Å². The Morgan fingerprint density at radius 1 is 1.53 bits per heavy atom. The number of aryl methyl sites for hydroxylation is 1. The van der Waals surface area contributed by atoms with E-state index < -0.39 is 5.97 Å². The predicted octanol–water partition coefficient (Wildman–Crippen LogP) is 1.50. The van der Waals surface area contributed by atoms with Gasteiger partial charge in [-0.15, -0.1) is 5.10 Å². The molecule has 6 nitrogen and oxygen atoms in total. The summed E-state index contributed by atoms with van der Waals surface area (Å²) in [6.07, 6.45) is 0. The van der Waals surface area contributed by atoms with Crippen molar-refractivity contribution in [3.05, 3.63) is 28.2 Å². The van der Waals surface area contributed by atoms with Crippen molar-refractivity contribution in [2.24, 2.45) is 0 Å². The zero-order valence-electron chi connectivity index (χ0n) is 8.96. The average molecular weight is 297 g/mol. The van der Waals surface area contributed by atoms with Crippen LogP contribution in [0.5, 0.6) is 0 Å². The topological polar surface area (TPSA) is 80.9 Å². The second kappa shape index (κ2) is 4.62. The maximum absolute atomic E-state index is 10.7. The Balaban J connectivity index is 2.46. The third kappa shape index (κ3) is 2.50. The van der Waals surface area contributed by atoms with Gasteiger partial charge < -0.3 is 5.11 Å². The molecule has 0 saturated carbocycles. The van der Waals surface area contributed by atoms with Crippen LogP contribution in [-0.4, -0.2) is 31.3 Å². The van der Waals surface area contributed by atoms with Crippen LogP contribution >= 0.6 is 15.9 Å². The summed E-state index contributed by atoms with van der Waals surface area (Å²) in [4.78, 5) is 10.7. The number of carboxylic acids is 1. The van der Waals surface area contributed by atoms with Crippen LogP contribution in [0.1, 0.15) is 5.56 Å². The number of tetrazole rings is 1. The van der Waals surface area contributed by atoms with Gasteiger partial charge in [-0.1, -0.05) is 22.0 Å². The lowest BCUT2D eigenvalue weighted by molar-refractivity contribution is -0.137. The number of halogens is 1. The van der Waals surface area contributed by atoms with E-state index >= 15 is 0 Å². The Labute approximate surface area is 105 Å². The van der Waals surface area contributed by atoms with Crippen molar-refractivity contribution in [1.29, 1.82) is 0 Å². The van der Waals surface area contributed by atoms with E-state index in [1.165, 1.54) is 4.68 Å². The van der Waals surface area contributed by atoms with Crippen LogP contribution in [0.15, 0.2) is 22.7 Å². The minimum Gasteiger partial charge on any atom is -0.480 e. The Morgan fingerprint density at radius 2 is 2.29 bits per heavy atom. The number of aromatic nitrogens is 4. The first-order valence-corrected chi connectivity index (χ1v) is 5.61. The van der Waals surface area contributed by atoms with Gasteiger partial charge in [0.1, 0.15) is 6.54 Å². The van der Waals surface area contributed by atoms with Crippen LogP contribution in [0.4, 0.5) is 0 Å². The van der Waals surface area contributed by atoms with Crippen LogP contribution in [0, 0.1) is 6.92 Å². The average Bonchev–Trinajstić information content (AvgIpc) is 2.65. The third-order valence-electron chi connectivity index (χ3n) is 2.18. The maximum Gasteiger partial charge on any atom is 0.325 e. The summed E-state index contributed by atoms with van der Waals surface area (Å²) in [5, 5.41) is 19.7. The van der Waals surface area contributed by atoms with Gasteiger partial charge in [0.05, 0.1) is 0 Å². The van der Waals surface area contributed by atoms with E-state index in [1.807, 2.05) is 25.1 Å². The van der Waals surface area contributed by atoms with E-state index in [2.05, 4.69) is 31.5 Å². The molecule has 0 radical (unpaired) electrons. The van der Waals surface area contributed by atoms with Gasteiger partial charge in [-0.25, -0.2) is 4.68 Å². The second-order valence-corrected chi connectivity index (χ2v) is 4.39. The second-order valence-electron chi connectivity index (χ2n) is 3.54. The summed E-state index contributed by atoms with van der Waals surface area (Å²) in [5.41, 5.74) is 1.86. The molecule has 7 heteroatoms. The molecule has 88 valence electrons. The number of rotatable bonds is 3. The number of nitrogens with zero attached hydrogens (tertiary/aromatic N) is 4. The summed E-state index contributed by atoms with van der Waals surface area (Å²) in [6.45, 7) is 1.71. The largest absolute Gasteiger partial charge is 0.480 e. The van der Waals surface area contributed by atoms with Crippen molar-refractivity contribution in [2.75, 3.05) is 0 Å². The first kappa shape index (κ1) is 11.7. The van der Waals surface area contributed by atoms with E-state index in [0.29, 0.717) is 5.82 Å². The molecule has 0 aliphatic carbocycles. The van der Waals surface area contributed by atoms with Crippen molar-refractivity contribution < 1.29 is 9.90 Å². The lowest BCUT2D eigenvalue weighted by atomic mass is 10.1. The fourth-order valence-corrected chi connectivity index (χ4v) is 2.10. The Hall–Kier alpha value is -1.76. The highest BCUT2D eigenvalue weighted by atomic mass is 79.9. The molecule has 0 saturated heterocycles. The summed E-state index contributed by atoms with van der Waals surface area (Å²) in [7, 11) is 0. The zero-order valence-corrected chi connectivity index (χ0v) is 10.5. The standard InChI is InChI=1S/C10H9BrN4O2/c1-6-2-3-7(8(11)4-6)10-12-13-14-15(10)5-9(16)17/h2-4H,5H2,1H3,(H,16,17). The maximum atomic E-state index is 10.7. The van der Waals surface area contributed by atoms with E-state index in [4.69, 9.17) is 5.11 Å². The van der Waals surface area contributed by atoms with Gasteiger partial charge in [0.2, 0.25) is 0 Å². The SMILES string of the molecule is Cc1ccc(-c2nnnn2CC(=O)O)c(Br)c1. The molecule has 0 spiro atoms. The fourth-order valence-electron chi connectivity index (χ4n) is 1.43. The van der Waals surface area contributed by atoms with Crippen molar-refractivity contribution >= 4 is 21.9 Å². The number of carbonyl (C=O) groups is 1. The molecular formula is C10H9BrN4O2. The van der Waals surface area contributed by atoms with E-state index in [1.54, 1.807) is 0 Å². The molecule has 1 heterocycles. The van der Waals surface area contributed by atoms with Gasteiger partial charge >= 0.3 is 5.97 Å². The lowest BCUT2D eigenvalue weighted by Gasteiger charge is -2.04. The molecule has 0 fully saturated rings. The third-order valence-corrected chi connectivity index (χ3v) is 2.84. The molecular weight excluding hydrogens is 288 g/mol. The summed E-state index contributed by atoms with van der Waals surface area (Å²) < 4.78 is 2.08. The molecule has 1 N–H and O–H groups in total. The molecule has 1 aromatic heterocycles. The van der Waals surface area contributed by atoms with Crippen molar-refractivity contribution in [3.8, 4) is 11.4 Å². The van der Waals surface area contributed by atoms with Crippen molar-refractivity contribution in [1.82, 2.24) is 20.2 Å². The molecule has 0 aliphatic rings. The molecule has 1 aromatic carbocycles. The Morgan fingerprint density at radius 3 is 2.94 bits per heavy atom. The highest BCUT2D eigenvalue weighted by Gasteiger charge is 2.13. The highest BCUT2D eigenvalue weighted by molar-refractivity contribution is 9.10. The Kier molecular flexibility index (Phi) is 3.19. The zero-order chi connectivity index (χ0) is 12.4. The molecule has 0 aliphatic heterocycles. The molecule has 2 aromatic rings. The minimum atomic E-state index is -0.984. The molecule has 0 unspecified atom stereocenters. The normalized spacial score (nSPS) is 10.5. The smallest absolute Gasteiger partial charge is 0.325 e. The molecule has 0 amide bonds. The fraction of sp³-hybridized carbons (Fsp3) is 0.200. The van der Waals surface area contributed by atoms with Crippen LogP contribution < -0.4 is 0 Å². The molecule has 17 heavy (non-hydrogen) atoms. The van der Waals surface area contributed by atoms with Crippen molar-refractivity contribution in [2.45, 2.75) is 13.5 Å².